The molecule has 7 nitrogen and oxygen atoms in total. The van der Waals surface area contributed by atoms with Gasteiger partial charge in [-0.15, -0.1) is 0 Å². The first kappa shape index (κ1) is 19.0. The number of H-pyrrole nitrogens is 1. The summed E-state index contributed by atoms with van der Waals surface area (Å²) in [7, 11) is 1.67. The summed E-state index contributed by atoms with van der Waals surface area (Å²) in [6, 6.07) is 3.12. The highest BCUT2D eigenvalue weighted by Crippen LogP contribution is 2.22. The lowest BCUT2D eigenvalue weighted by Crippen LogP contribution is -2.39. The van der Waals surface area contributed by atoms with E-state index in [0.29, 0.717) is 0 Å². The minimum Gasteiger partial charge on any atom is -0.381 e. The normalized spacial score (nSPS) is 19.5. The van der Waals surface area contributed by atoms with Crippen molar-refractivity contribution < 1.29 is 24.5 Å². The molecule has 1 heterocycles. The number of anilines is 1. The topological polar surface area (TPSA) is 96.1 Å². The molecule has 27 heavy (non-hydrogen) atoms. The summed E-state index contributed by atoms with van der Waals surface area (Å²) in [6.07, 6.45) is 4.67. The first-order valence-electron chi connectivity index (χ1n) is 8.62. The Labute approximate surface area is 156 Å². The fraction of sp³-hybridized carbons (Fsp3) is 0.389. The maximum absolute atomic E-state index is 13.7. The number of hydrogen-bond acceptors (Lipinski definition) is 4. The number of methoxy groups -OCH3 is 1. The van der Waals surface area contributed by atoms with Crippen molar-refractivity contribution in [2.45, 2.75) is 37.8 Å². The van der Waals surface area contributed by atoms with E-state index in [9.17, 15) is 18.4 Å². The van der Waals surface area contributed by atoms with Crippen molar-refractivity contribution in [3.05, 3.63) is 47.3 Å². The van der Waals surface area contributed by atoms with Gasteiger partial charge >= 0.3 is 0 Å². The van der Waals surface area contributed by atoms with Crippen LogP contribution in [0, 0.1) is 11.6 Å². The molecule has 1 aromatic heterocycles. The van der Waals surface area contributed by atoms with E-state index in [1.807, 2.05) is 0 Å². The smallest absolute Gasteiger partial charge is 0.271 e. The van der Waals surface area contributed by atoms with Gasteiger partial charge < -0.3 is 15.4 Å². The van der Waals surface area contributed by atoms with Crippen LogP contribution in [0.3, 0.4) is 0 Å². The molecule has 1 aliphatic rings. The minimum atomic E-state index is -0.998. The van der Waals surface area contributed by atoms with Crippen LogP contribution in [0.15, 0.2) is 24.4 Å². The third-order valence-electron chi connectivity index (χ3n) is 4.65. The van der Waals surface area contributed by atoms with Crippen LogP contribution in [0.5, 0.6) is 0 Å². The number of ether oxygens (including phenoxy) is 1. The van der Waals surface area contributed by atoms with Crippen molar-refractivity contribution in [3.63, 3.8) is 0 Å². The molecular formula is C18H22F2N4O3. The molecule has 146 valence electrons. The molecule has 0 radical (unpaired) electrons. The second kappa shape index (κ2) is 8.26. The zero-order valence-corrected chi connectivity index (χ0v) is 14.7. The van der Waals surface area contributed by atoms with Crippen LogP contribution in [0.1, 0.15) is 48.0 Å². The Kier molecular flexibility index (Phi) is 5.80. The van der Waals surface area contributed by atoms with Crippen molar-refractivity contribution in [1.82, 2.24) is 15.5 Å². The quantitative estimate of drug-likeness (QED) is 0.743. The van der Waals surface area contributed by atoms with E-state index in [1.165, 1.54) is 6.20 Å². The zero-order chi connectivity index (χ0) is 19.4. The summed E-state index contributed by atoms with van der Waals surface area (Å²) >= 11 is 0. The van der Waals surface area contributed by atoms with E-state index in [-0.39, 0.29) is 25.0 Å². The molecule has 0 saturated heterocycles. The number of nitrogens with zero attached hydrogens (tertiary/aromatic N) is 1. The SMILES string of the molecule is COC1CCC(NC(=O)c2[nH]ncc2NC(=O)c2c(F)cccc2F)CC1.[HH]. The standard InChI is InChI=1S/C18H20F2N4O3.H2/c1-27-11-7-5-10(6-8-11)22-18(26)16-14(9-21-24-16)23-17(25)15-12(19)3-2-4-13(15)20;/h2-4,9-11H,5-8H2,1H3,(H,21,24)(H,22,26)(H,23,25);1H. The maximum Gasteiger partial charge on any atom is 0.271 e. The molecule has 1 aromatic carbocycles. The van der Waals surface area contributed by atoms with Crippen molar-refractivity contribution in [3.8, 4) is 0 Å². The summed E-state index contributed by atoms with van der Waals surface area (Å²) in [6.45, 7) is 0. The highest BCUT2D eigenvalue weighted by atomic mass is 19.1. The minimum absolute atomic E-state index is 0. The lowest BCUT2D eigenvalue weighted by atomic mass is 9.93. The number of benzene rings is 1. The number of carbonyl (C=O) groups is 2. The zero-order valence-electron chi connectivity index (χ0n) is 14.7. The number of carbonyl (C=O) groups excluding carboxylic acids is 2. The van der Waals surface area contributed by atoms with E-state index in [0.717, 1.165) is 43.9 Å². The molecule has 0 aliphatic heterocycles. The maximum atomic E-state index is 13.7. The van der Waals surface area contributed by atoms with Gasteiger partial charge in [0, 0.05) is 14.6 Å². The molecule has 9 heteroatoms. The average Bonchev–Trinajstić information content (AvgIpc) is 3.10. The first-order chi connectivity index (χ1) is 13.0. The molecule has 2 aromatic rings. The van der Waals surface area contributed by atoms with Crippen LogP contribution < -0.4 is 10.6 Å². The molecule has 2 amide bonds. The Bertz CT molecular complexity index is 818. The summed E-state index contributed by atoms with van der Waals surface area (Å²) < 4.78 is 32.8. The summed E-state index contributed by atoms with van der Waals surface area (Å²) in [4.78, 5) is 24.7. The number of nitrogens with one attached hydrogen (secondary N) is 3. The van der Waals surface area contributed by atoms with Crippen LogP contribution in [-0.4, -0.2) is 41.3 Å². The van der Waals surface area contributed by atoms with Gasteiger partial charge in [-0.25, -0.2) is 8.78 Å². The Balaban J connectivity index is 0.00000280. The number of halogens is 2. The van der Waals surface area contributed by atoms with Crippen LogP contribution in [0.2, 0.25) is 0 Å². The van der Waals surface area contributed by atoms with Gasteiger partial charge in [0.15, 0.2) is 0 Å². The number of aromatic nitrogens is 2. The van der Waals surface area contributed by atoms with E-state index in [2.05, 4.69) is 20.8 Å². The predicted octanol–water partition coefficient (Wildman–Crippen LogP) is 2.87. The lowest BCUT2D eigenvalue weighted by molar-refractivity contribution is 0.0598. The van der Waals surface area contributed by atoms with Gasteiger partial charge in [0.1, 0.15) is 22.9 Å². The van der Waals surface area contributed by atoms with Crippen molar-refractivity contribution >= 4 is 17.5 Å². The average molecular weight is 380 g/mol. The third-order valence-corrected chi connectivity index (χ3v) is 4.65. The number of aromatic amines is 1. The van der Waals surface area contributed by atoms with E-state index < -0.39 is 29.0 Å². The van der Waals surface area contributed by atoms with Gasteiger partial charge in [-0.2, -0.15) is 5.10 Å². The van der Waals surface area contributed by atoms with Crippen LogP contribution >= 0.6 is 0 Å². The highest BCUT2D eigenvalue weighted by Gasteiger charge is 2.25. The molecule has 1 fully saturated rings. The molecule has 1 saturated carbocycles. The number of rotatable bonds is 5. The lowest BCUT2D eigenvalue weighted by Gasteiger charge is -2.28. The fourth-order valence-electron chi connectivity index (χ4n) is 3.15. The van der Waals surface area contributed by atoms with Gasteiger partial charge in [-0.05, 0) is 37.8 Å². The Morgan fingerprint density at radius 2 is 1.85 bits per heavy atom. The predicted molar refractivity (Wildman–Crippen MR) is 95.5 cm³/mol. The largest absolute Gasteiger partial charge is 0.381 e. The molecule has 3 rings (SSSR count). The summed E-state index contributed by atoms with van der Waals surface area (Å²) in [5.41, 5.74) is -0.650. The van der Waals surface area contributed by atoms with Crippen molar-refractivity contribution in [2.75, 3.05) is 12.4 Å². The van der Waals surface area contributed by atoms with Crippen LogP contribution in [-0.2, 0) is 4.74 Å². The molecule has 0 spiro atoms. The Hall–Kier alpha value is -2.81. The third kappa shape index (κ3) is 4.30. The van der Waals surface area contributed by atoms with Gasteiger partial charge in [-0.3, -0.25) is 14.7 Å². The van der Waals surface area contributed by atoms with Crippen LogP contribution in [0.25, 0.3) is 0 Å². The molecule has 1 aliphatic carbocycles. The van der Waals surface area contributed by atoms with E-state index in [1.54, 1.807) is 7.11 Å². The molecular weight excluding hydrogens is 358 g/mol. The van der Waals surface area contributed by atoms with Crippen molar-refractivity contribution in [1.29, 1.82) is 0 Å². The number of amides is 2. The highest BCUT2D eigenvalue weighted by molar-refractivity contribution is 6.08. The molecule has 0 unspecified atom stereocenters. The van der Waals surface area contributed by atoms with E-state index >= 15 is 0 Å². The molecule has 3 N–H and O–H groups in total. The number of hydrogen-bond donors (Lipinski definition) is 3. The van der Waals surface area contributed by atoms with Gasteiger partial charge in [-0.1, -0.05) is 6.07 Å². The molecule has 0 bridgehead atoms. The van der Waals surface area contributed by atoms with Crippen LogP contribution in [0.4, 0.5) is 14.5 Å². The second-order valence-electron chi connectivity index (χ2n) is 6.39. The summed E-state index contributed by atoms with van der Waals surface area (Å²) in [5, 5.41) is 11.5. The Morgan fingerprint density at radius 1 is 1.19 bits per heavy atom. The summed E-state index contributed by atoms with van der Waals surface area (Å²) in [5.74, 6) is -3.42. The van der Waals surface area contributed by atoms with Crippen molar-refractivity contribution in [2.24, 2.45) is 0 Å². The second-order valence-corrected chi connectivity index (χ2v) is 6.39. The van der Waals surface area contributed by atoms with E-state index in [4.69, 9.17) is 4.74 Å². The monoisotopic (exact) mass is 380 g/mol. The Morgan fingerprint density at radius 3 is 2.48 bits per heavy atom. The van der Waals surface area contributed by atoms with Gasteiger partial charge in [0.05, 0.1) is 18.0 Å². The first-order valence-corrected chi connectivity index (χ1v) is 8.62. The van der Waals surface area contributed by atoms with Gasteiger partial charge in [0.25, 0.3) is 11.8 Å². The van der Waals surface area contributed by atoms with Gasteiger partial charge in [0.2, 0.25) is 0 Å². The fourth-order valence-corrected chi connectivity index (χ4v) is 3.15. The molecule has 0 atom stereocenters.